The van der Waals surface area contributed by atoms with E-state index in [1.807, 2.05) is 152 Å². The summed E-state index contributed by atoms with van der Waals surface area (Å²) in [5.41, 5.74) is 3.69. The van der Waals surface area contributed by atoms with Gasteiger partial charge in [0.2, 0.25) is 0 Å². The van der Waals surface area contributed by atoms with Crippen molar-refractivity contribution in [2.45, 2.75) is 56.4 Å². The zero-order valence-electron chi connectivity index (χ0n) is 26.9. The summed E-state index contributed by atoms with van der Waals surface area (Å²) in [7, 11) is 0. The molecule has 0 aromatic heterocycles. The summed E-state index contributed by atoms with van der Waals surface area (Å²) in [4.78, 5) is 0. The predicted molar refractivity (Wildman–Crippen MR) is 186 cm³/mol. The largest absolute Gasteiger partial charge is 0.516 e. The molecule has 6 rings (SSSR count). The third-order valence-corrected chi connectivity index (χ3v) is 8.54. The molecule has 0 radical (unpaired) electrons. The van der Waals surface area contributed by atoms with Gasteiger partial charge in [0, 0.05) is 0 Å². The monoisotopic (exact) mass is 642 g/mol. The van der Waals surface area contributed by atoms with E-state index in [4.69, 9.17) is 23.7 Å². The van der Waals surface area contributed by atoms with E-state index in [-0.39, 0.29) is 6.61 Å². The first-order valence-corrected chi connectivity index (χ1v) is 16.4. The van der Waals surface area contributed by atoms with E-state index in [0.717, 1.165) is 34.1 Å². The predicted octanol–water partition coefficient (Wildman–Crippen LogP) is 8.33. The fraction of sp³-hybridized carbons (Fsp3) is 0.238. The third-order valence-electron chi connectivity index (χ3n) is 8.54. The van der Waals surface area contributed by atoms with E-state index in [0.29, 0.717) is 26.4 Å². The second-order valence-corrected chi connectivity index (χ2v) is 11.9. The lowest BCUT2D eigenvalue weighted by molar-refractivity contribution is -0.300. The fourth-order valence-corrected chi connectivity index (χ4v) is 6.18. The molecule has 0 aliphatic carbocycles. The molecule has 6 nitrogen and oxygen atoms in total. The van der Waals surface area contributed by atoms with Crippen LogP contribution in [0.5, 0.6) is 0 Å². The van der Waals surface area contributed by atoms with Crippen LogP contribution < -0.4 is 0 Å². The summed E-state index contributed by atoms with van der Waals surface area (Å²) in [6.07, 6.45) is 0.161. The Morgan fingerprint density at radius 2 is 0.938 bits per heavy atom. The standard InChI is InChI=1S/C42H42O6/c43-27-26-42(37-24-14-5-15-25-37)41(47-31-36-22-12-4-13-23-36)40(46-30-35-20-10-3-11-21-35)39(45-29-34-18-8-2-9-19-34)38(48-42)32-44-28-33-16-6-1-7-17-33/h1-27,38-41,43H,28-32H2/b27-26+/t38-,39-,40+,41-,42-/m1/s1. The number of aliphatic hydroxyl groups excluding tert-OH is 1. The molecule has 1 aliphatic heterocycles. The van der Waals surface area contributed by atoms with Crippen molar-refractivity contribution in [1.29, 1.82) is 0 Å². The SMILES string of the molecule is O/C=C/[C@]1(c2ccccc2)O[C@H](COCc2ccccc2)[C@@H](OCc2ccccc2)[C@H](OCc2ccccc2)[C@H]1OCc1ccccc1. The smallest absolute Gasteiger partial charge is 0.144 e. The van der Waals surface area contributed by atoms with E-state index >= 15 is 0 Å². The number of hydrogen-bond donors (Lipinski definition) is 1. The molecule has 1 heterocycles. The minimum absolute atomic E-state index is 0.221. The van der Waals surface area contributed by atoms with Crippen molar-refractivity contribution in [2.75, 3.05) is 6.61 Å². The lowest BCUT2D eigenvalue weighted by atomic mass is 9.79. The van der Waals surface area contributed by atoms with Gasteiger partial charge in [-0.3, -0.25) is 0 Å². The topological polar surface area (TPSA) is 66.4 Å². The van der Waals surface area contributed by atoms with E-state index in [1.54, 1.807) is 6.08 Å². The minimum Gasteiger partial charge on any atom is -0.516 e. The Bertz CT molecular complexity index is 1650. The summed E-state index contributed by atoms with van der Waals surface area (Å²) >= 11 is 0. The molecule has 0 bridgehead atoms. The third kappa shape index (κ3) is 8.47. The van der Waals surface area contributed by atoms with Crippen LogP contribution in [-0.2, 0) is 55.7 Å². The normalized spacial score (nSPS) is 22.5. The molecule has 0 unspecified atom stereocenters. The van der Waals surface area contributed by atoms with Crippen molar-refractivity contribution in [1.82, 2.24) is 0 Å². The van der Waals surface area contributed by atoms with Crippen molar-refractivity contribution < 1.29 is 28.8 Å². The Kier molecular flexibility index (Phi) is 11.8. The number of hydrogen-bond acceptors (Lipinski definition) is 6. The van der Waals surface area contributed by atoms with Crippen LogP contribution in [0, 0.1) is 0 Å². The number of rotatable bonds is 15. The highest BCUT2D eigenvalue weighted by Crippen LogP contribution is 2.44. The maximum absolute atomic E-state index is 10.5. The van der Waals surface area contributed by atoms with Crippen LogP contribution in [-0.4, -0.2) is 36.1 Å². The van der Waals surface area contributed by atoms with Crippen LogP contribution in [0.4, 0.5) is 0 Å². The molecule has 5 atom stereocenters. The molecule has 1 aliphatic rings. The molecule has 0 saturated carbocycles. The second-order valence-electron chi connectivity index (χ2n) is 11.9. The maximum atomic E-state index is 10.5. The first-order valence-electron chi connectivity index (χ1n) is 16.4. The average Bonchev–Trinajstić information content (AvgIpc) is 3.15. The van der Waals surface area contributed by atoms with Crippen molar-refractivity contribution >= 4 is 0 Å². The summed E-state index contributed by atoms with van der Waals surface area (Å²) in [5, 5.41) is 10.5. The van der Waals surface area contributed by atoms with Gasteiger partial charge in [-0.05, 0) is 33.9 Å². The minimum atomic E-state index is -1.24. The molecule has 48 heavy (non-hydrogen) atoms. The highest BCUT2D eigenvalue weighted by molar-refractivity contribution is 5.32. The lowest BCUT2D eigenvalue weighted by Gasteiger charge is -2.52. The number of aliphatic hydroxyl groups is 1. The summed E-state index contributed by atoms with van der Waals surface area (Å²) in [6.45, 7) is 1.60. The van der Waals surface area contributed by atoms with Gasteiger partial charge in [-0.15, -0.1) is 0 Å². The van der Waals surface area contributed by atoms with E-state index in [1.165, 1.54) is 0 Å². The van der Waals surface area contributed by atoms with Crippen LogP contribution in [0.1, 0.15) is 27.8 Å². The van der Waals surface area contributed by atoms with Gasteiger partial charge in [-0.1, -0.05) is 152 Å². The molecule has 5 aromatic carbocycles. The molecular formula is C42H42O6. The zero-order chi connectivity index (χ0) is 32.9. The Hall–Kier alpha value is -4.56. The van der Waals surface area contributed by atoms with Gasteiger partial charge >= 0.3 is 0 Å². The zero-order valence-corrected chi connectivity index (χ0v) is 26.9. The van der Waals surface area contributed by atoms with Crippen LogP contribution in [0.15, 0.2) is 164 Å². The molecule has 0 spiro atoms. The van der Waals surface area contributed by atoms with E-state index in [9.17, 15) is 5.11 Å². The molecule has 0 amide bonds. The van der Waals surface area contributed by atoms with Crippen LogP contribution in [0.3, 0.4) is 0 Å². The molecule has 1 N–H and O–H groups in total. The summed E-state index contributed by atoms with van der Waals surface area (Å²) in [6, 6.07) is 50.0. The lowest BCUT2D eigenvalue weighted by Crippen LogP contribution is -2.65. The fourth-order valence-electron chi connectivity index (χ4n) is 6.18. The molecule has 1 fully saturated rings. The Labute approximate surface area is 283 Å². The Morgan fingerprint density at radius 1 is 0.521 bits per heavy atom. The van der Waals surface area contributed by atoms with Gasteiger partial charge in [-0.25, -0.2) is 0 Å². The van der Waals surface area contributed by atoms with Gasteiger partial charge < -0.3 is 28.8 Å². The van der Waals surface area contributed by atoms with Crippen LogP contribution >= 0.6 is 0 Å². The molecule has 6 heteroatoms. The highest BCUT2D eigenvalue weighted by Gasteiger charge is 2.56. The van der Waals surface area contributed by atoms with Crippen LogP contribution in [0.2, 0.25) is 0 Å². The van der Waals surface area contributed by atoms with E-state index in [2.05, 4.69) is 0 Å². The van der Waals surface area contributed by atoms with Crippen molar-refractivity contribution in [3.8, 4) is 0 Å². The summed E-state index contributed by atoms with van der Waals surface area (Å²) in [5.74, 6) is 0. The number of benzene rings is 5. The van der Waals surface area contributed by atoms with Crippen molar-refractivity contribution in [2.24, 2.45) is 0 Å². The average molecular weight is 643 g/mol. The van der Waals surface area contributed by atoms with E-state index < -0.39 is 30.0 Å². The van der Waals surface area contributed by atoms with Crippen molar-refractivity contribution in [3.63, 3.8) is 0 Å². The number of ether oxygens (including phenoxy) is 5. The Balaban J connectivity index is 1.41. The second kappa shape index (κ2) is 17.0. The first-order chi connectivity index (χ1) is 23.7. The Morgan fingerprint density at radius 3 is 1.42 bits per heavy atom. The molecule has 5 aromatic rings. The van der Waals surface area contributed by atoms with Crippen molar-refractivity contribution in [3.05, 3.63) is 192 Å². The highest BCUT2D eigenvalue weighted by atomic mass is 16.6. The first kappa shape index (κ1) is 33.3. The van der Waals surface area contributed by atoms with Crippen LogP contribution in [0.25, 0.3) is 0 Å². The molecular weight excluding hydrogens is 600 g/mol. The summed E-state index contributed by atoms with van der Waals surface area (Å²) < 4.78 is 34.0. The molecule has 1 saturated heterocycles. The quantitative estimate of drug-likeness (QED) is 0.116. The van der Waals surface area contributed by atoms with Gasteiger partial charge in [0.05, 0.1) is 39.3 Å². The van der Waals surface area contributed by atoms with Gasteiger partial charge in [0.25, 0.3) is 0 Å². The van der Waals surface area contributed by atoms with Gasteiger partial charge in [-0.2, -0.15) is 0 Å². The van der Waals surface area contributed by atoms with Gasteiger partial charge in [0.1, 0.15) is 30.0 Å². The van der Waals surface area contributed by atoms with Gasteiger partial charge in [0.15, 0.2) is 0 Å². The maximum Gasteiger partial charge on any atom is 0.144 e. The molecule has 246 valence electrons.